The van der Waals surface area contributed by atoms with Gasteiger partial charge in [-0.05, 0) is 40.0 Å². The van der Waals surface area contributed by atoms with E-state index in [9.17, 15) is 9.18 Å². The van der Waals surface area contributed by atoms with E-state index in [4.69, 9.17) is 5.73 Å². The molecule has 0 saturated heterocycles. The van der Waals surface area contributed by atoms with Crippen LogP contribution in [0.25, 0.3) is 0 Å². The molecule has 1 rings (SSSR count). The van der Waals surface area contributed by atoms with Crippen molar-refractivity contribution in [2.75, 3.05) is 7.11 Å². The number of hydrogen-bond acceptors (Lipinski definition) is 3. The number of benzene rings is 1. The molecule has 3 nitrogen and oxygen atoms in total. The van der Waals surface area contributed by atoms with Gasteiger partial charge in [-0.25, -0.2) is 4.39 Å². The van der Waals surface area contributed by atoms with E-state index < -0.39 is 12.0 Å². The van der Waals surface area contributed by atoms with Gasteiger partial charge in [0, 0.05) is 0 Å². The van der Waals surface area contributed by atoms with Crippen LogP contribution in [0.3, 0.4) is 0 Å². The molecule has 1 atom stereocenters. The number of ether oxygens (including phenoxy) is 1. The molecule has 0 bridgehead atoms. The number of nitrogens with two attached hydrogens (primary N) is 1. The Morgan fingerprint density at radius 1 is 1.67 bits per heavy atom. The first-order valence-corrected chi connectivity index (χ1v) is 5.11. The van der Waals surface area contributed by atoms with Gasteiger partial charge in [0.05, 0.1) is 11.6 Å². The highest BCUT2D eigenvalue weighted by molar-refractivity contribution is 9.10. The van der Waals surface area contributed by atoms with Crippen molar-refractivity contribution >= 4 is 21.9 Å². The first-order valence-electron chi connectivity index (χ1n) is 4.32. The number of rotatable bonds is 3. The summed E-state index contributed by atoms with van der Waals surface area (Å²) in [5.74, 6) is -0.819. The molecule has 1 aromatic carbocycles. The average Bonchev–Trinajstić information content (AvgIpc) is 2.22. The van der Waals surface area contributed by atoms with Crippen LogP contribution in [0.5, 0.6) is 0 Å². The lowest BCUT2D eigenvalue weighted by Gasteiger charge is -2.09. The maximum atomic E-state index is 12.9. The molecule has 82 valence electrons. The molecule has 0 spiro atoms. The smallest absolute Gasteiger partial charge is 0.322 e. The molecule has 0 aliphatic rings. The quantitative estimate of drug-likeness (QED) is 0.854. The lowest BCUT2D eigenvalue weighted by molar-refractivity contribution is -0.142. The van der Waals surface area contributed by atoms with Crippen LogP contribution >= 0.6 is 15.9 Å². The van der Waals surface area contributed by atoms with E-state index in [1.165, 1.54) is 13.2 Å². The molecule has 1 aromatic rings. The van der Waals surface area contributed by atoms with E-state index in [2.05, 4.69) is 20.7 Å². The maximum absolute atomic E-state index is 12.9. The average molecular weight is 276 g/mol. The van der Waals surface area contributed by atoms with Crippen LogP contribution in [0.2, 0.25) is 0 Å². The van der Waals surface area contributed by atoms with Crippen molar-refractivity contribution in [3.8, 4) is 0 Å². The predicted octanol–water partition coefficient (Wildman–Crippen LogP) is 1.63. The van der Waals surface area contributed by atoms with Gasteiger partial charge >= 0.3 is 5.97 Å². The van der Waals surface area contributed by atoms with Crippen molar-refractivity contribution in [3.63, 3.8) is 0 Å². The molecule has 0 aliphatic carbocycles. The largest absolute Gasteiger partial charge is 0.468 e. The van der Waals surface area contributed by atoms with Crippen molar-refractivity contribution in [2.45, 2.75) is 12.5 Å². The topological polar surface area (TPSA) is 52.3 Å². The number of hydrogen-bond donors (Lipinski definition) is 1. The van der Waals surface area contributed by atoms with E-state index in [1.807, 2.05) is 0 Å². The molecule has 0 aromatic heterocycles. The zero-order valence-electron chi connectivity index (χ0n) is 8.17. The standard InChI is InChI=1S/C10H11BrFNO2/c1-15-10(14)9(13)5-6-2-3-8(12)7(11)4-6/h2-4,9H,5,13H2,1H3/t9-/m0/s1. The van der Waals surface area contributed by atoms with Gasteiger partial charge in [0.25, 0.3) is 0 Å². The highest BCUT2D eigenvalue weighted by atomic mass is 79.9. The first-order chi connectivity index (χ1) is 7.04. The maximum Gasteiger partial charge on any atom is 0.322 e. The Hall–Kier alpha value is -0.940. The minimum Gasteiger partial charge on any atom is -0.468 e. The van der Waals surface area contributed by atoms with E-state index in [-0.39, 0.29) is 5.82 Å². The van der Waals surface area contributed by atoms with Gasteiger partial charge in [-0.2, -0.15) is 0 Å². The summed E-state index contributed by atoms with van der Waals surface area (Å²) in [5.41, 5.74) is 6.34. The lowest BCUT2D eigenvalue weighted by atomic mass is 10.1. The van der Waals surface area contributed by atoms with Crippen molar-refractivity contribution in [3.05, 3.63) is 34.1 Å². The number of methoxy groups -OCH3 is 1. The van der Waals surface area contributed by atoms with Gasteiger partial charge < -0.3 is 10.5 Å². The zero-order valence-corrected chi connectivity index (χ0v) is 9.75. The summed E-state index contributed by atoms with van der Waals surface area (Å²) in [7, 11) is 1.28. The summed E-state index contributed by atoms with van der Waals surface area (Å²) in [5, 5.41) is 0. The molecule has 5 heteroatoms. The zero-order chi connectivity index (χ0) is 11.4. The van der Waals surface area contributed by atoms with Crippen LogP contribution in [-0.2, 0) is 16.0 Å². The lowest BCUT2D eigenvalue weighted by Crippen LogP contribution is -2.33. The molecular formula is C10H11BrFNO2. The molecule has 0 amide bonds. The van der Waals surface area contributed by atoms with Crippen molar-refractivity contribution in [1.82, 2.24) is 0 Å². The molecule has 2 N–H and O–H groups in total. The van der Waals surface area contributed by atoms with Crippen LogP contribution in [0.15, 0.2) is 22.7 Å². The number of carbonyl (C=O) groups excluding carboxylic acids is 1. The molecule has 0 saturated carbocycles. The Morgan fingerprint density at radius 2 is 2.33 bits per heavy atom. The van der Waals surface area contributed by atoms with Crippen molar-refractivity contribution < 1.29 is 13.9 Å². The summed E-state index contributed by atoms with van der Waals surface area (Å²) in [6.07, 6.45) is 0.325. The van der Waals surface area contributed by atoms with E-state index >= 15 is 0 Å². The number of esters is 1. The van der Waals surface area contributed by atoms with E-state index in [0.29, 0.717) is 10.9 Å². The fourth-order valence-electron chi connectivity index (χ4n) is 1.16. The third-order valence-electron chi connectivity index (χ3n) is 1.94. The van der Waals surface area contributed by atoms with Gasteiger partial charge in [0.2, 0.25) is 0 Å². The van der Waals surface area contributed by atoms with Gasteiger partial charge in [-0.3, -0.25) is 4.79 Å². The Morgan fingerprint density at radius 3 is 2.87 bits per heavy atom. The Kier molecular flexibility index (Phi) is 4.23. The summed E-state index contributed by atoms with van der Waals surface area (Å²) in [4.78, 5) is 11.0. The first kappa shape index (κ1) is 12.1. The monoisotopic (exact) mass is 275 g/mol. The van der Waals surface area contributed by atoms with Crippen LogP contribution in [0.4, 0.5) is 4.39 Å². The van der Waals surface area contributed by atoms with E-state index in [1.54, 1.807) is 12.1 Å². The Balaban J connectivity index is 2.73. The molecule has 0 aliphatic heterocycles. The molecular weight excluding hydrogens is 265 g/mol. The van der Waals surface area contributed by atoms with Crippen molar-refractivity contribution in [1.29, 1.82) is 0 Å². The molecule has 0 fully saturated rings. The molecule has 0 unspecified atom stereocenters. The number of carbonyl (C=O) groups is 1. The second kappa shape index (κ2) is 5.23. The Labute approximate surface area is 95.5 Å². The number of halogens is 2. The van der Waals surface area contributed by atoms with Crippen LogP contribution in [0.1, 0.15) is 5.56 Å². The molecule has 0 heterocycles. The highest BCUT2D eigenvalue weighted by Crippen LogP contribution is 2.17. The van der Waals surface area contributed by atoms with Gasteiger partial charge in [0.1, 0.15) is 11.9 Å². The fraction of sp³-hybridized carbons (Fsp3) is 0.300. The molecule has 0 radical (unpaired) electrons. The van der Waals surface area contributed by atoms with Gasteiger partial charge in [0.15, 0.2) is 0 Å². The second-order valence-corrected chi connectivity index (χ2v) is 3.94. The minimum atomic E-state index is -0.715. The van der Waals surface area contributed by atoms with Crippen LogP contribution in [-0.4, -0.2) is 19.1 Å². The second-order valence-electron chi connectivity index (χ2n) is 3.08. The summed E-state index contributed by atoms with van der Waals surface area (Å²) in [6.45, 7) is 0. The summed E-state index contributed by atoms with van der Waals surface area (Å²) < 4.78 is 17.7. The minimum absolute atomic E-state index is 0.325. The van der Waals surface area contributed by atoms with Crippen LogP contribution < -0.4 is 5.73 Å². The van der Waals surface area contributed by atoms with Crippen LogP contribution in [0, 0.1) is 5.82 Å². The summed E-state index contributed by atoms with van der Waals surface area (Å²) in [6, 6.07) is 3.79. The molecule has 15 heavy (non-hydrogen) atoms. The van der Waals surface area contributed by atoms with Crippen molar-refractivity contribution in [2.24, 2.45) is 5.73 Å². The predicted molar refractivity (Wildman–Crippen MR) is 57.8 cm³/mol. The highest BCUT2D eigenvalue weighted by Gasteiger charge is 2.14. The Bertz CT molecular complexity index is 370. The van der Waals surface area contributed by atoms with Gasteiger partial charge in [-0.15, -0.1) is 0 Å². The third kappa shape index (κ3) is 3.28. The summed E-state index contributed by atoms with van der Waals surface area (Å²) >= 11 is 3.06. The van der Waals surface area contributed by atoms with E-state index in [0.717, 1.165) is 5.56 Å². The third-order valence-corrected chi connectivity index (χ3v) is 2.55. The SMILES string of the molecule is COC(=O)[C@@H](N)Cc1ccc(F)c(Br)c1. The normalized spacial score (nSPS) is 12.3. The fourth-order valence-corrected chi connectivity index (χ4v) is 1.58. The van der Waals surface area contributed by atoms with Gasteiger partial charge in [-0.1, -0.05) is 6.07 Å².